The molecule has 2 aromatic heterocycles. The maximum Gasteiger partial charge on any atom is 0.420 e. The molecule has 0 spiro atoms. The molecule has 4 aromatic rings. The Morgan fingerprint density at radius 3 is 2.70 bits per heavy atom. The summed E-state index contributed by atoms with van der Waals surface area (Å²) in [5.41, 5.74) is 2.46. The Morgan fingerprint density at radius 2 is 1.83 bits per heavy atom. The second-order valence-electron chi connectivity index (χ2n) is 5.28. The fourth-order valence-corrected chi connectivity index (χ4v) is 2.58. The summed E-state index contributed by atoms with van der Waals surface area (Å²) in [6, 6.07) is 17.3. The molecule has 0 saturated heterocycles. The lowest BCUT2D eigenvalue weighted by Crippen LogP contribution is -2.15. The van der Waals surface area contributed by atoms with Crippen molar-refractivity contribution in [2.75, 3.05) is 0 Å². The lowest BCUT2D eigenvalue weighted by Gasteiger charge is -1.98. The van der Waals surface area contributed by atoms with Crippen LogP contribution < -0.4 is 5.76 Å². The van der Waals surface area contributed by atoms with E-state index in [4.69, 9.17) is 4.42 Å². The van der Waals surface area contributed by atoms with Gasteiger partial charge in [0.1, 0.15) is 5.82 Å². The van der Waals surface area contributed by atoms with Crippen LogP contribution in [0.15, 0.2) is 63.8 Å². The van der Waals surface area contributed by atoms with E-state index in [1.165, 1.54) is 0 Å². The van der Waals surface area contributed by atoms with Crippen LogP contribution in [0.1, 0.15) is 17.2 Å². The Kier molecular flexibility index (Phi) is 3.27. The Bertz CT molecular complexity index is 998. The Labute approximate surface area is 131 Å². The van der Waals surface area contributed by atoms with E-state index in [1.54, 1.807) is 10.6 Å². The number of fused-ring (bicyclic) bond motifs is 1. The number of para-hydroxylation sites is 2. The Balaban J connectivity index is 1.60. The van der Waals surface area contributed by atoms with Gasteiger partial charge in [-0.25, -0.2) is 9.78 Å². The first-order valence-electron chi connectivity index (χ1n) is 7.32. The number of nitrogens with one attached hydrogen (secondary N) is 1. The number of nitrogens with zero attached hydrogens (tertiary/aromatic N) is 3. The van der Waals surface area contributed by atoms with E-state index in [0.29, 0.717) is 30.2 Å². The van der Waals surface area contributed by atoms with Crippen molar-refractivity contribution in [3.8, 4) is 0 Å². The zero-order valence-corrected chi connectivity index (χ0v) is 12.3. The summed E-state index contributed by atoms with van der Waals surface area (Å²) in [6.45, 7) is 0.303. The molecular formula is C17H14N4O2. The van der Waals surface area contributed by atoms with Gasteiger partial charge in [0.25, 0.3) is 0 Å². The number of aromatic amines is 1. The van der Waals surface area contributed by atoms with Crippen LogP contribution in [0.5, 0.6) is 0 Å². The van der Waals surface area contributed by atoms with Crippen molar-refractivity contribution in [1.29, 1.82) is 0 Å². The molecule has 6 nitrogen and oxygen atoms in total. The van der Waals surface area contributed by atoms with Gasteiger partial charge in [-0.2, -0.15) is 5.10 Å². The van der Waals surface area contributed by atoms with Crippen LogP contribution in [0.3, 0.4) is 0 Å². The van der Waals surface area contributed by atoms with Gasteiger partial charge in [-0.05, 0) is 17.7 Å². The average Bonchev–Trinajstić information content (AvgIpc) is 3.14. The summed E-state index contributed by atoms with van der Waals surface area (Å²) in [7, 11) is 0. The van der Waals surface area contributed by atoms with Gasteiger partial charge in [0.15, 0.2) is 11.4 Å². The second-order valence-corrected chi connectivity index (χ2v) is 5.28. The third-order valence-electron chi connectivity index (χ3n) is 3.66. The number of H-pyrrole nitrogens is 1. The largest absolute Gasteiger partial charge is 0.420 e. The van der Waals surface area contributed by atoms with E-state index in [-0.39, 0.29) is 0 Å². The van der Waals surface area contributed by atoms with Crippen molar-refractivity contribution in [2.24, 2.45) is 0 Å². The van der Waals surface area contributed by atoms with Crippen LogP contribution in [0.2, 0.25) is 0 Å². The quantitative estimate of drug-likeness (QED) is 0.628. The van der Waals surface area contributed by atoms with Crippen molar-refractivity contribution >= 4 is 11.1 Å². The minimum atomic E-state index is -0.396. The predicted octanol–water partition coefficient (Wildman–Crippen LogP) is 2.35. The molecule has 1 N–H and O–H groups in total. The molecule has 23 heavy (non-hydrogen) atoms. The van der Waals surface area contributed by atoms with E-state index in [2.05, 4.69) is 15.2 Å². The fourth-order valence-electron chi connectivity index (χ4n) is 2.58. The van der Waals surface area contributed by atoms with Gasteiger partial charge in [-0.15, -0.1) is 0 Å². The zero-order chi connectivity index (χ0) is 15.6. The molecule has 2 heterocycles. The molecule has 0 saturated carbocycles. The van der Waals surface area contributed by atoms with Crippen LogP contribution in [0, 0.1) is 0 Å². The maximum atomic E-state index is 12.0. The molecule has 0 radical (unpaired) electrons. The lowest BCUT2D eigenvalue weighted by molar-refractivity contribution is 0.514. The van der Waals surface area contributed by atoms with E-state index < -0.39 is 5.76 Å². The summed E-state index contributed by atoms with van der Waals surface area (Å²) >= 11 is 0. The number of hydrogen-bond donors (Lipinski definition) is 1. The monoisotopic (exact) mass is 306 g/mol. The minimum Gasteiger partial charge on any atom is -0.408 e. The van der Waals surface area contributed by atoms with Gasteiger partial charge >= 0.3 is 5.76 Å². The highest BCUT2D eigenvalue weighted by Crippen LogP contribution is 2.13. The molecule has 0 unspecified atom stereocenters. The fraction of sp³-hybridized carbons (Fsp3) is 0.118. The lowest BCUT2D eigenvalue weighted by atomic mass is 10.1. The average molecular weight is 306 g/mol. The molecule has 6 heteroatoms. The van der Waals surface area contributed by atoms with E-state index in [9.17, 15) is 4.79 Å². The normalized spacial score (nSPS) is 11.1. The Morgan fingerprint density at radius 1 is 1.04 bits per heavy atom. The van der Waals surface area contributed by atoms with Gasteiger partial charge in [0.05, 0.1) is 12.1 Å². The highest BCUT2D eigenvalue weighted by molar-refractivity contribution is 5.72. The van der Waals surface area contributed by atoms with Gasteiger partial charge < -0.3 is 4.42 Å². The van der Waals surface area contributed by atoms with Gasteiger partial charge in [0, 0.05) is 6.42 Å². The van der Waals surface area contributed by atoms with Gasteiger partial charge in [-0.1, -0.05) is 42.5 Å². The number of oxazole rings is 1. The zero-order valence-electron chi connectivity index (χ0n) is 12.3. The van der Waals surface area contributed by atoms with E-state index >= 15 is 0 Å². The summed E-state index contributed by atoms with van der Waals surface area (Å²) in [5.74, 6) is 0.934. The molecule has 0 aliphatic heterocycles. The summed E-state index contributed by atoms with van der Waals surface area (Å²) in [6.07, 6.45) is 0.651. The first-order valence-corrected chi connectivity index (χ1v) is 7.32. The van der Waals surface area contributed by atoms with Crippen LogP contribution in [0.4, 0.5) is 0 Å². The molecule has 0 fully saturated rings. The topological polar surface area (TPSA) is 76.7 Å². The van der Waals surface area contributed by atoms with Crippen molar-refractivity contribution in [3.05, 3.63) is 82.4 Å². The number of aromatic nitrogens is 4. The molecule has 114 valence electrons. The summed E-state index contributed by atoms with van der Waals surface area (Å²) < 4.78 is 6.76. The molecule has 0 bridgehead atoms. The molecule has 0 atom stereocenters. The van der Waals surface area contributed by atoms with Crippen molar-refractivity contribution in [2.45, 2.75) is 13.0 Å². The molecular weight excluding hydrogens is 292 g/mol. The van der Waals surface area contributed by atoms with Crippen LogP contribution >= 0.6 is 0 Å². The summed E-state index contributed by atoms with van der Waals surface area (Å²) in [4.78, 5) is 16.4. The predicted molar refractivity (Wildman–Crippen MR) is 85.2 cm³/mol. The van der Waals surface area contributed by atoms with E-state index in [1.807, 2.05) is 48.5 Å². The summed E-state index contributed by atoms with van der Waals surface area (Å²) in [5, 5.41) is 7.11. The first-order chi connectivity index (χ1) is 11.3. The highest BCUT2D eigenvalue weighted by Gasteiger charge is 2.11. The van der Waals surface area contributed by atoms with Crippen molar-refractivity contribution < 1.29 is 4.42 Å². The van der Waals surface area contributed by atoms with Crippen molar-refractivity contribution in [1.82, 2.24) is 19.7 Å². The smallest absolute Gasteiger partial charge is 0.408 e. The van der Waals surface area contributed by atoms with Gasteiger partial charge in [-0.3, -0.25) is 9.67 Å². The van der Waals surface area contributed by atoms with E-state index in [0.717, 1.165) is 11.1 Å². The third kappa shape index (κ3) is 2.66. The SMILES string of the molecule is O=c1oc2ccccc2n1Cc1nc(Cc2ccccc2)n[nH]1. The molecule has 0 amide bonds. The van der Waals surface area contributed by atoms with Crippen LogP contribution in [-0.2, 0) is 13.0 Å². The van der Waals surface area contributed by atoms with Gasteiger partial charge in [0.2, 0.25) is 0 Å². The first kappa shape index (κ1) is 13.5. The Hall–Kier alpha value is -3.15. The molecule has 0 aliphatic rings. The number of hydrogen-bond acceptors (Lipinski definition) is 4. The highest BCUT2D eigenvalue weighted by atomic mass is 16.4. The number of rotatable bonds is 4. The molecule has 2 aromatic carbocycles. The van der Waals surface area contributed by atoms with Crippen molar-refractivity contribution in [3.63, 3.8) is 0 Å². The van der Waals surface area contributed by atoms with Crippen LogP contribution in [0.25, 0.3) is 11.1 Å². The van der Waals surface area contributed by atoms with Crippen LogP contribution in [-0.4, -0.2) is 19.7 Å². The maximum absolute atomic E-state index is 12.0. The molecule has 4 rings (SSSR count). The second kappa shape index (κ2) is 5.57. The third-order valence-corrected chi connectivity index (χ3v) is 3.66. The standard InChI is InChI=1S/C17H14N4O2/c22-17-21(13-8-4-5-9-14(13)23-17)11-16-18-15(19-20-16)10-12-6-2-1-3-7-12/h1-9H,10-11H2,(H,18,19,20). The number of benzene rings is 2. The molecule has 0 aliphatic carbocycles. The minimum absolute atomic E-state index is 0.303.